The number of esters is 1. The largest absolute Gasteiger partial charge is 0.462 e. The molecule has 0 fully saturated rings. The maximum atomic E-state index is 14.0. The molecule has 1 atom stereocenters. The van der Waals surface area contributed by atoms with Gasteiger partial charge in [-0.05, 0) is 105 Å². The van der Waals surface area contributed by atoms with Crippen molar-refractivity contribution in [3.63, 3.8) is 0 Å². The topological polar surface area (TPSA) is 96.5 Å². The zero-order valence-electron chi connectivity index (χ0n) is 24.5. The fraction of sp³-hybridized carbons (Fsp3) is 0.235. The summed E-state index contributed by atoms with van der Waals surface area (Å²) >= 11 is 8.42. The summed E-state index contributed by atoms with van der Waals surface area (Å²) < 4.78 is 5.39. The number of ether oxygens (including phenoxy) is 1. The second kappa shape index (κ2) is 14.7. The molecule has 1 aromatic heterocycles. The molecule has 44 heavy (non-hydrogen) atoms. The zero-order chi connectivity index (χ0) is 31.1. The van der Waals surface area contributed by atoms with E-state index in [1.165, 1.54) is 30.0 Å². The van der Waals surface area contributed by atoms with Gasteiger partial charge in [-0.1, -0.05) is 36.4 Å². The number of Topliss-reactive ketones (excluding diaryl/α,β-unsaturated/α-hetero) is 1. The highest BCUT2D eigenvalue weighted by molar-refractivity contribution is 8.00. The lowest BCUT2D eigenvalue weighted by molar-refractivity contribution is -0.115. The Morgan fingerprint density at radius 3 is 2.36 bits per heavy atom. The van der Waals surface area contributed by atoms with Gasteiger partial charge in [0, 0.05) is 26.7 Å². The molecule has 5 rings (SSSR count). The minimum Gasteiger partial charge on any atom is -0.462 e. The molecule has 1 amide bonds. The molecular formula is C34H33N3O4S3. The molecule has 0 aliphatic heterocycles. The Labute approximate surface area is 270 Å². The fourth-order valence-electron chi connectivity index (χ4n) is 5.02. The van der Waals surface area contributed by atoms with E-state index in [9.17, 15) is 14.4 Å². The Morgan fingerprint density at radius 1 is 0.909 bits per heavy atom. The number of benzene rings is 3. The van der Waals surface area contributed by atoms with E-state index in [4.69, 9.17) is 17.0 Å². The van der Waals surface area contributed by atoms with E-state index in [0.29, 0.717) is 21.2 Å². The van der Waals surface area contributed by atoms with E-state index in [-0.39, 0.29) is 24.3 Å². The zero-order valence-corrected chi connectivity index (χ0v) is 26.9. The minimum atomic E-state index is -0.578. The molecule has 1 unspecified atom stereocenters. The van der Waals surface area contributed by atoms with Crippen LogP contribution in [0.2, 0.25) is 0 Å². The van der Waals surface area contributed by atoms with Crippen LogP contribution in [0.4, 0.5) is 16.4 Å². The Bertz CT molecular complexity index is 1670. The van der Waals surface area contributed by atoms with Crippen LogP contribution < -0.4 is 16.0 Å². The van der Waals surface area contributed by atoms with Crippen molar-refractivity contribution < 1.29 is 19.1 Å². The number of anilines is 3. The fourth-order valence-corrected chi connectivity index (χ4v) is 7.62. The maximum absolute atomic E-state index is 14.0. The van der Waals surface area contributed by atoms with Crippen molar-refractivity contribution in [1.82, 2.24) is 0 Å². The van der Waals surface area contributed by atoms with Crippen molar-refractivity contribution in [2.24, 2.45) is 0 Å². The van der Waals surface area contributed by atoms with Gasteiger partial charge < -0.3 is 20.7 Å². The van der Waals surface area contributed by atoms with Crippen molar-refractivity contribution in [3.8, 4) is 0 Å². The number of ketones is 1. The number of carbonyl (C=O) groups is 3. The van der Waals surface area contributed by atoms with Crippen LogP contribution in [-0.4, -0.2) is 29.4 Å². The molecule has 0 saturated carbocycles. The molecule has 3 N–H and O–H groups in total. The average molecular weight is 644 g/mol. The standard InChI is InChI=1S/C34H33N3O4S3/c1-3-41-33(40)29-27-14-7-8-15-28(27)44-32(29)37-31(39)30(23-10-5-4-6-11-23)43-26-13-9-12-25(20-26)36-34(42)35-24-18-16-22(17-19-24)21(2)38/h4-6,9-13,16-20,30H,3,7-8,14-15H2,1-2H3,(H,37,39)(H2,35,36,42). The first-order valence-electron chi connectivity index (χ1n) is 14.5. The summed E-state index contributed by atoms with van der Waals surface area (Å²) in [6.45, 7) is 3.59. The van der Waals surface area contributed by atoms with Crippen molar-refractivity contribution in [3.05, 3.63) is 106 Å². The van der Waals surface area contributed by atoms with Crippen LogP contribution in [0.25, 0.3) is 0 Å². The summed E-state index contributed by atoms with van der Waals surface area (Å²) in [5, 5.41) is 9.81. The van der Waals surface area contributed by atoms with Gasteiger partial charge in [0.15, 0.2) is 10.9 Å². The number of thiocarbonyl (C=S) groups is 1. The van der Waals surface area contributed by atoms with Gasteiger partial charge >= 0.3 is 5.97 Å². The highest BCUT2D eigenvalue weighted by atomic mass is 32.2. The van der Waals surface area contributed by atoms with Crippen LogP contribution in [-0.2, 0) is 22.4 Å². The third kappa shape index (κ3) is 7.74. The quantitative estimate of drug-likeness (QED) is 0.0688. The predicted octanol–water partition coefficient (Wildman–Crippen LogP) is 8.29. The van der Waals surface area contributed by atoms with Crippen LogP contribution in [0.15, 0.2) is 83.8 Å². The molecule has 0 saturated heterocycles. The number of thiophene rings is 1. The lowest BCUT2D eigenvalue weighted by Gasteiger charge is -2.18. The van der Waals surface area contributed by atoms with E-state index in [0.717, 1.165) is 58.0 Å². The second-order valence-electron chi connectivity index (χ2n) is 10.3. The first-order chi connectivity index (χ1) is 21.3. The third-order valence-corrected chi connectivity index (χ3v) is 9.78. The molecule has 0 bridgehead atoms. The smallest absolute Gasteiger partial charge is 0.341 e. The first-order valence-corrected chi connectivity index (χ1v) is 16.6. The van der Waals surface area contributed by atoms with Gasteiger partial charge in [-0.25, -0.2) is 4.79 Å². The van der Waals surface area contributed by atoms with Gasteiger partial charge in [0.2, 0.25) is 5.91 Å². The summed E-state index contributed by atoms with van der Waals surface area (Å²) in [4.78, 5) is 40.5. The molecule has 0 radical (unpaired) electrons. The second-order valence-corrected chi connectivity index (χ2v) is 13.0. The van der Waals surface area contributed by atoms with Gasteiger partial charge in [0.1, 0.15) is 10.3 Å². The number of aryl methyl sites for hydroxylation is 1. The van der Waals surface area contributed by atoms with Crippen LogP contribution in [0.1, 0.15) is 68.7 Å². The average Bonchev–Trinajstić information content (AvgIpc) is 3.38. The number of thioether (sulfide) groups is 1. The van der Waals surface area contributed by atoms with Crippen molar-refractivity contribution in [2.45, 2.75) is 49.7 Å². The number of carbonyl (C=O) groups excluding carboxylic acids is 3. The third-order valence-electron chi connectivity index (χ3n) is 7.12. The molecule has 1 aliphatic carbocycles. The van der Waals surface area contributed by atoms with E-state index in [2.05, 4.69) is 16.0 Å². The molecule has 0 spiro atoms. The summed E-state index contributed by atoms with van der Waals surface area (Å²) in [5.41, 5.74) is 4.51. The molecule has 4 aromatic rings. The van der Waals surface area contributed by atoms with E-state index >= 15 is 0 Å². The van der Waals surface area contributed by atoms with Crippen molar-refractivity contribution >= 4 is 74.5 Å². The first kappa shape index (κ1) is 31.4. The summed E-state index contributed by atoms with van der Waals surface area (Å²) in [6.07, 6.45) is 3.80. The molecule has 1 aliphatic rings. The normalized spacial score (nSPS) is 12.9. The lowest BCUT2D eigenvalue weighted by atomic mass is 9.95. The predicted molar refractivity (Wildman–Crippen MR) is 183 cm³/mol. The lowest BCUT2D eigenvalue weighted by Crippen LogP contribution is -2.20. The number of hydrogen-bond acceptors (Lipinski definition) is 7. The minimum absolute atomic E-state index is 0.00278. The number of rotatable bonds is 10. The van der Waals surface area contributed by atoms with Crippen LogP contribution in [0.5, 0.6) is 0 Å². The SMILES string of the molecule is CCOC(=O)c1c(NC(=O)C(Sc2cccc(NC(=S)Nc3ccc(C(C)=O)cc3)c2)c2ccccc2)sc2c1CCCC2. The highest BCUT2D eigenvalue weighted by Gasteiger charge is 2.30. The Hall–Kier alpha value is -3.99. The highest BCUT2D eigenvalue weighted by Crippen LogP contribution is 2.41. The van der Waals surface area contributed by atoms with E-state index in [1.54, 1.807) is 31.2 Å². The monoisotopic (exact) mass is 643 g/mol. The van der Waals surface area contributed by atoms with Crippen LogP contribution >= 0.6 is 35.3 Å². The molecule has 10 heteroatoms. The number of fused-ring (bicyclic) bond motifs is 1. The Kier molecular flexibility index (Phi) is 10.5. The molecule has 226 valence electrons. The van der Waals surface area contributed by atoms with Crippen molar-refractivity contribution in [1.29, 1.82) is 0 Å². The number of hydrogen-bond donors (Lipinski definition) is 3. The Balaban J connectivity index is 1.34. The molecule has 3 aromatic carbocycles. The Morgan fingerprint density at radius 2 is 1.64 bits per heavy atom. The number of nitrogens with one attached hydrogen (secondary N) is 3. The van der Waals surface area contributed by atoms with Gasteiger partial charge in [-0.2, -0.15) is 0 Å². The van der Waals surface area contributed by atoms with Gasteiger partial charge in [-0.3, -0.25) is 9.59 Å². The maximum Gasteiger partial charge on any atom is 0.341 e. The van der Waals surface area contributed by atoms with Gasteiger partial charge in [0.25, 0.3) is 0 Å². The summed E-state index contributed by atoms with van der Waals surface area (Å²) in [7, 11) is 0. The van der Waals surface area contributed by atoms with E-state index in [1.807, 2.05) is 54.6 Å². The van der Waals surface area contributed by atoms with Crippen molar-refractivity contribution in [2.75, 3.05) is 22.6 Å². The van der Waals surface area contributed by atoms with Crippen LogP contribution in [0.3, 0.4) is 0 Å². The van der Waals surface area contributed by atoms with E-state index < -0.39 is 5.25 Å². The summed E-state index contributed by atoms with van der Waals surface area (Å²) in [6, 6.07) is 24.4. The molecular weight excluding hydrogens is 611 g/mol. The van der Waals surface area contributed by atoms with Crippen LogP contribution in [0, 0.1) is 0 Å². The molecule has 7 nitrogen and oxygen atoms in total. The number of amides is 1. The van der Waals surface area contributed by atoms with Gasteiger partial charge in [0.05, 0.1) is 12.2 Å². The molecule has 1 heterocycles. The van der Waals surface area contributed by atoms with Gasteiger partial charge in [-0.15, -0.1) is 23.1 Å². The summed E-state index contributed by atoms with van der Waals surface area (Å²) in [5.74, 6) is -0.595.